The molecule has 0 aliphatic carbocycles. The lowest BCUT2D eigenvalue weighted by Crippen LogP contribution is -1.98. The first-order valence-electron chi connectivity index (χ1n) is 6.25. The summed E-state index contributed by atoms with van der Waals surface area (Å²) in [6, 6.07) is 10.0. The topological polar surface area (TPSA) is 26.3 Å². The third-order valence-corrected chi connectivity index (χ3v) is 4.91. The minimum absolute atomic E-state index is 0.215. The average molecular weight is 337 g/mol. The Morgan fingerprint density at radius 1 is 1.32 bits per heavy atom. The van der Waals surface area contributed by atoms with E-state index in [4.69, 9.17) is 4.74 Å². The van der Waals surface area contributed by atoms with Crippen molar-refractivity contribution in [2.24, 2.45) is 0 Å². The number of hydrogen-bond acceptors (Lipinski definition) is 3. The molecule has 0 bridgehead atoms. The molecule has 0 unspecified atom stereocenters. The van der Waals surface area contributed by atoms with Gasteiger partial charge in [-0.1, -0.05) is 12.1 Å². The summed E-state index contributed by atoms with van der Waals surface area (Å²) in [5.41, 5.74) is 2.48. The van der Waals surface area contributed by atoms with E-state index >= 15 is 0 Å². The predicted octanol–water partition coefficient (Wildman–Crippen LogP) is 4.26. The fraction of sp³-hybridized carbons (Fsp3) is 0.267. The Balaban J connectivity index is 1.64. The van der Waals surface area contributed by atoms with Gasteiger partial charge in [0.25, 0.3) is 0 Å². The number of carbonyl (C=O) groups excluding carboxylic acids is 1. The molecule has 0 fully saturated rings. The standard InChI is InChI=1S/C15H13BrO2S/c16-15-6-5-14(19-15)12(17)3-1-10-2-4-13-11(9-10)7-8-18-13/h2,4-6,9H,1,3,7-8H2. The number of fused-ring (bicyclic) bond motifs is 1. The van der Waals surface area contributed by atoms with E-state index in [0.29, 0.717) is 6.42 Å². The van der Waals surface area contributed by atoms with Crippen LogP contribution in [0.1, 0.15) is 27.2 Å². The van der Waals surface area contributed by atoms with Gasteiger partial charge in [-0.15, -0.1) is 11.3 Å². The highest BCUT2D eigenvalue weighted by Crippen LogP contribution is 2.27. The Kier molecular flexibility index (Phi) is 3.71. The van der Waals surface area contributed by atoms with Crippen LogP contribution in [0.2, 0.25) is 0 Å². The number of halogens is 1. The lowest BCUT2D eigenvalue weighted by molar-refractivity contribution is 0.0986. The van der Waals surface area contributed by atoms with Crippen LogP contribution in [0.5, 0.6) is 5.75 Å². The van der Waals surface area contributed by atoms with E-state index in [2.05, 4.69) is 28.1 Å². The Labute approximate surface area is 124 Å². The Morgan fingerprint density at radius 3 is 3.00 bits per heavy atom. The van der Waals surface area contributed by atoms with Gasteiger partial charge in [-0.3, -0.25) is 4.79 Å². The van der Waals surface area contributed by atoms with Gasteiger partial charge in [-0.2, -0.15) is 0 Å². The molecule has 2 aromatic rings. The molecule has 1 aromatic heterocycles. The molecule has 2 heterocycles. The zero-order chi connectivity index (χ0) is 13.2. The van der Waals surface area contributed by atoms with E-state index in [1.54, 1.807) is 0 Å². The molecule has 0 saturated heterocycles. The molecule has 1 aliphatic rings. The first-order valence-corrected chi connectivity index (χ1v) is 7.86. The number of ether oxygens (including phenoxy) is 1. The molecule has 0 amide bonds. The van der Waals surface area contributed by atoms with Gasteiger partial charge < -0.3 is 4.74 Å². The fourth-order valence-corrected chi connectivity index (χ4v) is 3.59. The van der Waals surface area contributed by atoms with Crippen LogP contribution in [-0.4, -0.2) is 12.4 Å². The Bertz CT molecular complexity index is 618. The molecule has 98 valence electrons. The number of thiophene rings is 1. The SMILES string of the molecule is O=C(CCc1ccc2c(c1)CCO2)c1ccc(Br)s1. The summed E-state index contributed by atoms with van der Waals surface area (Å²) in [6.07, 6.45) is 2.34. The molecule has 1 aromatic carbocycles. The Morgan fingerprint density at radius 2 is 2.21 bits per heavy atom. The van der Waals surface area contributed by atoms with Crippen LogP contribution < -0.4 is 4.74 Å². The Hall–Kier alpha value is -1.13. The predicted molar refractivity (Wildman–Crippen MR) is 80.3 cm³/mol. The van der Waals surface area contributed by atoms with Crippen molar-refractivity contribution >= 4 is 33.0 Å². The molecule has 0 radical (unpaired) electrons. The second-order valence-corrected chi connectivity index (χ2v) is 7.03. The summed E-state index contributed by atoms with van der Waals surface area (Å²) < 4.78 is 6.49. The van der Waals surface area contributed by atoms with Crippen molar-refractivity contribution < 1.29 is 9.53 Å². The van der Waals surface area contributed by atoms with Gasteiger partial charge >= 0.3 is 0 Å². The first kappa shape index (κ1) is 12.9. The van der Waals surface area contributed by atoms with Gasteiger partial charge in [-0.25, -0.2) is 0 Å². The molecular formula is C15H13BrO2S. The van der Waals surface area contributed by atoms with Gasteiger partial charge in [0.1, 0.15) is 5.75 Å². The molecular weight excluding hydrogens is 324 g/mol. The number of benzene rings is 1. The molecule has 0 N–H and O–H groups in total. The number of hydrogen-bond donors (Lipinski definition) is 0. The molecule has 1 aliphatic heterocycles. The lowest BCUT2D eigenvalue weighted by Gasteiger charge is -2.03. The van der Waals surface area contributed by atoms with Crippen molar-refractivity contribution in [2.75, 3.05) is 6.61 Å². The summed E-state index contributed by atoms with van der Waals surface area (Å²) in [5, 5.41) is 0. The number of ketones is 1. The number of rotatable bonds is 4. The molecule has 4 heteroatoms. The van der Waals surface area contributed by atoms with Crippen molar-refractivity contribution in [3.63, 3.8) is 0 Å². The maximum atomic E-state index is 12.0. The van der Waals surface area contributed by atoms with Gasteiger partial charge in [0.05, 0.1) is 15.3 Å². The van der Waals surface area contributed by atoms with Crippen molar-refractivity contribution in [2.45, 2.75) is 19.3 Å². The zero-order valence-electron chi connectivity index (χ0n) is 10.3. The van der Waals surface area contributed by atoms with E-state index in [0.717, 1.165) is 33.9 Å². The molecule has 0 atom stereocenters. The summed E-state index contributed by atoms with van der Waals surface area (Å²) in [7, 11) is 0. The first-order chi connectivity index (χ1) is 9.22. The van der Waals surface area contributed by atoms with Crippen LogP contribution in [0.3, 0.4) is 0 Å². The average Bonchev–Trinajstić information content (AvgIpc) is 3.03. The molecule has 0 spiro atoms. The summed E-state index contributed by atoms with van der Waals surface area (Å²) >= 11 is 4.88. The minimum Gasteiger partial charge on any atom is -0.493 e. The second kappa shape index (κ2) is 5.47. The minimum atomic E-state index is 0.215. The number of carbonyl (C=O) groups is 1. The summed E-state index contributed by atoms with van der Waals surface area (Å²) in [6.45, 7) is 0.779. The van der Waals surface area contributed by atoms with Crippen LogP contribution in [0.4, 0.5) is 0 Å². The van der Waals surface area contributed by atoms with E-state index in [9.17, 15) is 4.79 Å². The third kappa shape index (κ3) is 2.90. The maximum absolute atomic E-state index is 12.0. The van der Waals surface area contributed by atoms with Crippen LogP contribution in [0.15, 0.2) is 34.1 Å². The number of Topliss-reactive ketones (excluding diaryl/α,β-unsaturated/α-hetero) is 1. The molecule has 2 nitrogen and oxygen atoms in total. The van der Waals surface area contributed by atoms with Crippen molar-refractivity contribution in [1.29, 1.82) is 0 Å². The number of aryl methyl sites for hydroxylation is 1. The van der Waals surface area contributed by atoms with Gasteiger partial charge in [0.15, 0.2) is 5.78 Å². The van der Waals surface area contributed by atoms with Crippen LogP contribution in [0.25, 0.3) is 0 Å². The van der Waals surface area contributed by atoms with E-state index in [-0.39, 0.29) is 5.78 Å². The van der Waals surface area contributed by atoms with Crippen molar-refractivity contribution in [1.82, 2.24) is 0 Å². The monoisotopic (exact) mass is 336 g/mol. The van der Waals surface area contributed by atoms with Crippen LogP contribution in [-0.2, 0) is 12.8 Å². The van der Waals surface area contributed by atoms with Crippen LogP contribution in [0, 0.1) is 0 Å². The molecule has 3 rings (SSSR count). The van der Waals surface area contributed by atoms with Crippen molar-refractivity contribution in [3.05, 3.63) is 50.1 Å². The third-order valence-electron chi connectivity index (χ3n) is 3.24. The largest absolute Gasteiger partial charge is 0.493 e. The van der Waals surface area contributed by atoms with Gasteiger partial charge in [0, 0.05) is 12.8 Å². The van der Waals surface area contributed by atoms with E-state index in [1.807, 2.05) is 18.2 Å². The van der Waals surface area contributed by atoms with Gasteiger partial charge in [0.2, 0.25) is 0 Å². The molecule has 19 heavy (non-hydrogen) atoms. The summed E-state index contributed by atoms with van der Waals surface area (Å²) in [4.78, 5) is 12.9. The fourth-order valence-electron chi connectivity index (χ4n) is 2.24. The lowest BCUT2D eigenvalue weighted by atomic mass is 10.0. The zero-order valence-corrected chi connectivity index (χ0v) is 12.7. The van der Waals surface area contributed by atoms with E-state index in [1.165, 1.54) is 22.5 Å². The van der Waals surface area contributed by atoms with Crippen molar-refractivity contribution in [3.8, 4) is 5.75 Å². The molecule has 0 saturated carbocycles. The van der Waals surface area contributed by atoms with E-state index < -0.39 is 0 Å². The highest BCUT2D eigenvalue weighted by atomic mass is 79.9. The highest BCUT2D eigenvalue weighted by Gasteiger charge is 2.13. The maximum Gasteiger partial charge on any atom is 0.173 e. The second-order valence-electron chi connectivity index (χ2n) is 4.57. The quantitative estimate of drug-likeness (QED) is 0.779. The smallest absolute Gasteiger partial charge is 0.173 e. The van der Waals surface area contributed by atoms with Crippen LogP contribution >= 0.6 is 27.3 Å². The summed E-state index contributed by atoms with van der Waals surface area (Å²) in [5.74, 6) is 1.21. The highest BCUT2D eigenvalue weighted by molar-refractivity contribution is 9.11. The van der Waals surface area contributed by atoms with Gasteiger partial charge in [-0.05, 0) is 51.7 Å². The normalized spacial score (nSPS) is 13.1.